The van der Waals surface area contributed by atoms with Gasteiger partial charge in [-0.15, -0.1) is 6.58 Å². The topological polar surface area (TPSA) is 158 Å². The molecule has 0 amide bonds. The number of carbonyl (C=O) groups is 1. The van der Waals surface area contributed by atoms with Crippen LogP contribution in [-0.4, -0.2) is 58.2 Å². The van der Waals surface area contributed by atoms with Crippen LogP contribution < -0.4 is 20.9 Å². The van der Waals surface area contributed by atoms with Crippen LogP contribution in [0.15, 0.2) is 64.8 Å². The monoisotopic (exact) mass is 543 g/mol. The first-order chi connectivity index (χ1) is 17.4. The highest BCUT2D eigenvalue weighted by atomic mass is 31.2. The van der Waals surface area contributed by atoms with Crippen molar-refractivity contribution in [2.45, 2.75) is 50.9 Å². The number of carbonyl (C=O) groups excluding carboxylic acids is 1. The Balaban J connectivity index is 2.34. The lowest BCUT2D eigenvalue weighted by atomic mass is 9.96. The van der Waals surface area contributed by atoms with Gasteiger partial charge in [0.2, 0.25) is 6.30 Å². The lowest BCUT2D eigenvalue weighted by molar-refractivity contribution is -0.149. The van der Waals surface area contributed by atoms with Gasteiger partial charge < -0.3 is 19.1 Å². The number of halogens is 1. The Hall–Kier alpha value is -3.09. The molecule has 0 saturated carbocycles. The van der Waals surface area contributed by atoms with Crippen LogP contribution in [0.1, 0.15) is 27.1 Å². The molecule has 1 aromatic heterocycles. The number of aromatic nitrogens is 2. The number of aliphatic hydroxyl groups excluding tert-OH is 1. The number of rotatable bonds is 14. The number of nitrogens with zero attached hydrogens (tertiary/aromatic N) is 1. The summed E-state index contributed by atoms with van der Waals surface area (Å²) >= 11 is 0. The fraction of sp³-hybridized carbons (Fsp3) is 0.435. The minimum absolute atomic E-state index is 0.119. The van der Waals surface area contributed by atoms with Gasteiger partial charge in [-0.1, -0.05) is 24.3 Å². The highest BCUT2D eigenvalue weighted by Crippen LogP contribution is 2.46. The van der Waals surface area contributed by atoms with Crippen LogP contribution in [-0.2, 0) is 23.4 Å². The third-order valence-electron chi connectivity index (χ3n) is 5.09. The van der Waals surface area contributed by atoms with Crippen molar-refractivity contribution in [2.75, 3.05) is 13.7 Å². The van der Waals surface area contributed by atoms with Gasteiger partial charge in [0.1, 0.15) is 23.5 Å². The number of nitrogens with one attached hydrogen (secondary N) is 2. The lowest BCUT2D eigenvalue weighted by Gasteiger charge is -2.36. The smallest absolute Gasteiger partial charge is 0.459 e. The number of hydrogen-bond acceptors (Lipinski definition) is 9. The molecule has 12 nitrogen and oxygen atoms in total. The lowest BCUT2D eigenvalue weighted by Crippen LogP contribution is -2.51. The van der Waals surface area contributed by atoms with Gasteiger partial charge in [-0.05, 0) is 32.9 Å². The molecule has 1 heterocycles. The van der Waals surface area contributed by atoms with E-state index in [4.69, 9.17) is 18.5 Å². The van der Waals surface area contributed by atoms with Crippen LogP contribution in [0.2, 0.25) is 0 Å². The van der Waals surface area contributed by atoms with E-state index in [9.17, 15) is 24.1 Å². The molecule has 0 aliphatic heterocycles. The first-order valence-corrected chi connectivity index (χ1v) is 12.7. The minimum Gasteiger partial charge on any atom is -0.462 e. The van der Waals surface area contributed by atoms with Gasteiger partial charge in [-0.2, -0.15) is 5.09 Å². The van der Waals surface area contributed by atoms with Gasteiger partial charge in [-0.3, -0.25) is 23.7 Å². The van der Waals surface area contributed by atoms with E-state index in [0.717, 1.165) is 25.4 Å². The fourth-order valence-corrected chi connectivity index (χ4v) is 4.59. The van der Waals surface area contributed by atoms with Crippen molar-refractivity contribution in [3.8, 4) is 5.75 Å². The molecule has 2 aromatic rings. The van der Waals surface area contributed by atoms with E-state index in [0.29, 0.717) is 4.57 Å². The molecule has 2 rings (SSSR count). The van der Waals surface area contributed by atoms with E-state index < -0.39 is 61.7 Å². The number of benzene rings is 1. The largest absolute Gasteiger partial charge is 0.462 e. The highest BCUT2D eigenvalue weighted by molar-refractivity contribution is 7.52. The van der Waals surface area contributed by atoms with Crippen molar-refractivity contribution < 1.29 is 37.4 Å². The highest BCUT2D eigenvalue weighted by Gasteiger charge is 2.45. The average molecular weight is 543 g/mol. The number of esters is 1. The van der Waals surface area contributed by atoms with Crippen LogP contribution in [0, 0.1) is 0 Å². The van der Waals surface area contributed by atoms with Crippen LogP contribution in [0.5, 0.6) is 5.75 Å². The normalized spacial score (nSPS) is 17.2. The second-order valence-electron chi connectivity index (χ2n) is 8.21. The van der Waals surface area contributed by atoms with Crippen molar-refractivity contribution >= 4 is 13.7 Å². The molecule has 0 bridgehead atoms. The summed E-state index contributed by atoms with van der Waals surface area (Å²) in [5, 5.41) is 13.3. The summed E-state index contributed by atoms with van der Waals surface area (Å²) in [6, 6.07) is 7.62. The summed E-state index contributed by atoms with van der Waals surface area (Å²) in [7, 11) is -3.30. The molecule has 0 aliphatic carbocycles. The molecule has 0 aliphatic rings. The van der Waals surface area contributed by atoms with Gasteiger partial charge in [0.25, 0.3) is 5.56 Å². The second-order valence-corrected chi connectivity index (χ2v) is 9.90. The van der Waals surface area contributed by atoms with Crippen molar-refractivity contribution in [1.29, 1.82) is 0 Å². The third kappa shape index (κ3) is 7.94. The summed E-state index contributed by atoms with van der Waals surface area (Å²) in [5.41, 5.74) is -3.94. The molecule has 0 spiro atoms. The minimum atomic E-state index is -4.40. The van der Waals surface area contributed by atoms with Gasteiger partial charge in [0.15, 0.2) is 0 Å². The molecule has 0 saturated heterocycles. The van der Waals surface area contributed by atoms with E-state index in [1.54, 1.807) is 32.0 Å². The van der Waals surface area contributed by atoms with Crippen molar-refractivity contribution in [2.24, 2.45) is 0 Å². The molecule has 0 fully saturated rings. The van der Waals surface area contributed by atoms with Crippen LogP contribution in [0.25, 0.3) is 0 Å². The summed E-state index contributed by atoms with van der Waals surface area (Å²) in [5.74, 6) is -0.619. The first kappa shape index (κ1) is 30.1. The van der Waals surface area contributed by atoms with E-state index in [-0.39, 0.29) is 5.75 Å². The molecular formula is C23H31FN3O9P. The molecule has 204 valence electrons. The molecular weight excluding hydrogens is 512 g/mol. The van der Waals surface area contributed by atoms with E-state index in [1.165, 1.54) is 19.1 Å². The van der Waals surface area contributed by atoms with E-state index >= 15 is 4.39 Å². The zero-order valence-corrected chi connectivity index (χ0v) is 21.7. The van der Waals surface area contributed by atoms with Gasteiger partial charge >= 0.3 is 19.4 Å². The summed E-state index contributed by atoms with van der Waals surface area (Å²) < 4.78 is 50.8. The molecule has 0 radical (unpaired) electrons. The van der Waals surface area contributed by atoms with Crippen LogP contribution in [0.3, 0.4) is 0 Å². The quantitative estimate of drug-likeness (QED) is 0.183. The number of para-hydroxylation sites is 1. The number of ether oxygens (including phenoxy) is 2. The van der Waals surface area contributed by atoms with Gasteiger partial charge in [-0.25, -0.2) is 13.8 Å². The van der Waals surface area contributed by atoms with E-state index in [2.05, 4.69) is 11.7 Å². The molecule has 2 unspecified atom stereocenters. The Kier molecular flexibility index (Phi) is 10.5. The Bertz CT molecular complexity index is 1220. The number of H-pyrrole nitrogens is 1. The predicted molar refractivity (Wildman–Crippen MR) is 132 cm³/mol. The molecule has 37 heavy (non-hydrogen) atoms. The van der Waals surface area contributed by atoms with Gasteiger partial charge in [0, 0.05) is 19.4 Å². The zero-order valence-electron chi connectivity index (χ0n) is 20.8. The Morgan fingerprint density at radius 1 is 1.27 bits per heavy atom. The molecule has 14 heteroatoms. The average Bonchev–Trinajstić information content (AvgIpc) is 2.84. The summed E-state index contributed by atoms with van der Waals surface area (Å²) in [6.45, 7) is 7.40. The number of aromatic amines is 1. The SMILES string of the molecule is C=C[C@](COP(=O)(NC(C)C(=O)OC(C)C)Oc1ccccc1)(OC)[C@@H](O)[C@@H](F)n1ccc(=O)[nH]c1=O. The van der Waals surface area contributed by atoms with Crippen LogP contribution in [0.4, 0.5) is 4.39 Å². The maximum atomic E-state index is 15.2. The second kappa shape index (κ2) is 12.9. The standard InChI is InChI=1S/C23H31FN3O9P/c1-6-23(33-5,19(29)20(24)27-13-12-18(28)25-22(27)31)14-34-37(32,36-17-10-8-7-9-11-17)26-16(4)21(30)35-15(2)3/h6-13,15-16,19-20,29H,1,14H2,2-5H3,(H,26,32)(H,25,28,31)/t16?,19-,20-,23+,37?/m0/s1. The predicted octanol–water partition coefficient (Wildman–Crippen LogP) is 2.07. The Morgan fingerprint density at radius 2 is 1.92 bits per heavy atom. The first-order valence-electron chi connectivity index (χ1n) is 11.2. The third-order valence-corrected chi connectivity index (χ3v) is 6.71. The fourth-order valence-electron chi connectivity index (χ4n) is 3.05. The summed E-state index contributed by atoms with van der Waals surface area (Å²) in [6.07, 6.45) is -3.15. The summed E-state index contributed by atoms with van der Waals surface area (Å²) in [4.78, 5) is 37.5. The van der Waals surface area contributed by atoms with Crippen LogP contribution >= 0.6 is 7.75 Å². The van der Waals surface area contributed by atoms with Crippen molar-refractivity contribution in [3.63, 3.8) is 0 Å². The Morgan fingerprint density at radius 3 is 2.46 bits per heavy atom. The van der Waals surface area contributed by atoms with Crippen molar-refractivity contribution in [3.05, 3.63) is 76.1 Å². The molecule has 3 N–H and O–H groups in total. The maximum absolute atomic E-state index is 15.2. The van der Waals surface area contributed by atoms with Crippen molar-refractivity contribution in [1.82, 2.24) is 14.6 Å². The molecule has 1 aromatic carbocycles. The van der Waals surface area contributed by atoms with Gasteiger partial charge in [0.05, 0.1) is 12.7 Å². The molecule has 5 atom stereocenters. The number of methoxy groups -OCH3 is 1. The number of hydrogen-bond donors (Lipinski definition) is 3. The maximum Gasteiger partial charge on any atom is 0.459 e. The Labute approximate surface area is 212 Å². The zero-order chi connectivity index (χ0) is 27.8. The number of aliphatic hydroxyl groups is 1. The number of alkyl halides is 1. The van der Waals surface area contributed by atoms with E-state index in [1.807, 2.05) is 4.98 Å².